The van der Waals surface area contributed by atoms with Gasteiger partial charge in [-0.25, -0.2) is 0 Å². The van der Waals surface area contributed by atoms with E-state index in [1.165, 1.54) is 0 Å². The Morgan fingerprint density at radius 3 is 2.29 bits per heavy atom. The lowest BCUT2D eigenvalue weighted by Gasteiger charge is -2.63. The Bertz CT molecular complexity index is 302. The highest BCUT2D eigenvalue weighted by Gasteiger charge is 2.82. The molecule has 0 aromatic heterocycles. The Morgan fingerprint density at radius 1 is 1.50 bits per heavy atom. The molecule has 0 radical (unpaired) electrons. The Labute approximate surface area is 91.6 Å². The molecule has 2 bridgehead atoms. The van der Waals surface area contributed by atoms with Crippen LogP contribution < -0.4 is 0 Å². The first-order valence-corrected chi connectivity index (χ1v) is 5.77. The van der Waals surface area contributed by atoms with Gasteiger partial charge in [-0.3, -0.25) is 4.79 Å². The lowest BCUT2D eigenvalue weighted by atomic mass is 9.43. The van der Waals surface area contributed by atoms with Crippen LogP contribution in [0.3, 0.4) is 0 Å². The largest absolute Gasteiger partial charge is 0.481 e. The van der Waals surface area contributed by atoms with Crippen LogP contribution in [0.5, 0.6) is 0 Å². The summed E-state index contributed by atoms with van der Waals surface area (Å²) >= 11 is 3.46. The van der Waals surface area contributed by atoms with Crippen LogP contribution in [-0.2, 0) is 4.79 Å². The highest BCUT2D eigenvalue weighted by Crippen LogP contribution is 2.79. The number of carboxylic acid groups (broad SMARTS) is 1. The molecule has 0 saturated heterocycles. The van der Waals surface area contributed by atoms with E-state index >= 15 is 0 Å². The molecule has 0 aromatic carbocycles. The summed E-state index contributed by atoms with van der Waals surface area (Å²) in [5, 5.41) is 18.8. The number of halogens is 1. The molecule has 3 atom stereocenters. The normalized spacial score (nSPS) is 48.7. The number of carbonyl (C=O) groups is 1. The molecule has 3 fully saturated rings. The molecule has 3 aliphatic rings. The van der Waals surface area contributed by atoms with Gasteiger partial charge in [-0.05, 0) is 18.3 Å². The minimum absolute atomic E-state index is 0.0744. The van der Waals surface area contributed by atoms with Crippen molar-refractivity contribution in [2.75, 3.05) is 6.61 Å². The number of carboxylic acids is 1. The zero-order chi connectivity index (χ0) is 10.8. The third kappa shape index (κ3) is 0.673. The first-order valence-electron chi connectivity index (χ1n) is 4.85. The number of hydrogen-bond acceptors (Lipinski definition) is 2. The molecule has 3 nitrogen and oxygen atoms in total. The summed E-state index contributed by atoms with van der Waals surface area (Å²) in [5.41, 5.74) is -1.21. The fourth-order valence-electron chi connectivity index (χ4n) is 3.61. The molecule has 0 spiro atoms. The van der Waals surface area contributed by atoms with Crippen LogP contribution in [0.15, 0.2) is 0 Å². The van der Waals surface area contributed by atoms with Crippen LogP contribution in [-0.4, -0.2) is 27.6 Å². The Balaban J connectivity index is 2.48. The summed E-state index contributed by atoms with van der Waals surface area (Å²) in [4.78, 5) is 11.3. The first-order chi connectivity index (χ1) is 6.37. The van der Waals surface area contributed by atoms with Gasteiger partial charge in [0, 0.05) is 10.2 Å². The molecule has 80 valence electrons. The number of rotatable bonds is 2. The van der Waals surface area contributed by atoms with Gasteiger partial charge in [-0.1, -0.05) is 29.8 Å². The van der Waals surface area contributed by atoms with Crippen LogP contribution in [0, 0.1) is 16.2 Å². The van der Waals surface area contributed by atoms with Crippen LogP contribution in [0.1, 0.15) is 26.7 Å². The smallest absolute Gasteiger partial charge is 0.311 e. The standard InChI is InChI=1S/C10H15BrO3/c1-8(2)9(5-12)3-4-10(8,6(9)11)7(13)14/h6,12H,3-5H2,1-2H3,(H,13,14)/t6-,9+,10+/m0/s1. The van der Waals surface area contributed by atoms with Gasteiger partial charge in [0.25, 0.3) is 0 Å². The molecule has 0 aliphatic heterocycles. The molecule has 4 heteroatoms. The summed E-state index contributed by atoms with van der Waals surface area (Å²) in [6.45, 7) is 4.00. The lowest BCUT2D eigenvalue weighted by Crippen LogP contribution is -2.69. The van der Waals surface area contributed by atoms with Crippen LogP contribution in [0.25, 0.3) is 0 Å². The van der Waals surface area contributed by atoms with Crippen molar-refractivity contribution in [3.8, 4) is 0 Å². The van der Waals surface area contributed by atoms with E-state index in [0.29, 0.717) is 6.42 Å². The van der Waals surface area contributed by atoms with Crippen molar-refractivity contribution < 1.29 is 15.0 Å². The Morgan fingerprint density at radius 2 is 2.07 bits per heavy atom. The fourth-order valence-corrected chi connectivity index (χ4v) is 5.55. The molecule has 3 saturated carbocycles. The van der Waals surface area contributed by atoms with E-state index < -0.39 is 11.4 Å². The second-order valence-electron chi connectivity index (χ2n) is 5.08. The van der Waals surface area contributed by atoms with E-state index in [2.05, 4.69) is 15.9 Å². The van der Waals surface area contributed by atoms with E-state index in [9.17, 15) is 15.0 Å². The van der Waals surface area contributed by atoms with Gasteiger partial charge in [0.05, 0.1) is 12.0 Å². The number of aliphatic hydroxyl groups is 1. The van der Waals surface area contributed by atoms with Gasteiger partial charge < -0.3 is 10.2 Å². The van der Waals surface area contributed by atoms with E-state index in [4.69, 9.17) is 0 Å². The minimum Gasteiger partial charge on any atom is -0.481 e. The topological polar surface area (TPSA) is 57.5 Å². The predicted molar refractivity (Wildman–Crippen MR) is 55.3 cm³/mol. The number of aliphatic carboxylic acids is 1. The second-order valence-corrected chi connectivity index (χ2v) is 5.99. The average molecular weight is 263 g/mol. The van der Waals surface area contributed by atoms with Gasteiger partial charge >= 0.3 is 5.97 Å². The molecule has 14 heavy (non-hydrogen) atoms. The summed E-state index contributed by atoms with van der Waals surface area (Å²) < 4.78 is 0. The van der Waals surface area contributed by atoms with E-state index in [0.717, 1.165) is 6.42 Å². The monoisotopic (exact) mass is 262 g/mol. The van der Waals surface area contributed by atoms with Gasteiger partial charge in [-0.15, -0.1) is 0 Å². The summed E-state index contributed by atoms with van der Waals surface area (Å²) in [5.74, 6) is -0.731. The maximum absolute atomic E-state index is 11.3. The average Bonchev–Trinajstić information content (AvgIpc) is 2.53. The first kappa shape index (κ1) is 10.4. The molecule has 2 N–H and O–H groups in total. The van der Waals surface area contributed by atoms with Gasteiger partial charge in [-0.2, -0.15) is 0 Å². The minimum atomic E-state index is -0.731. The maximum atomic E-state index is 11.3. The van der Waals surface area contributed by atoms with Crippen LogP contribution in [0.2, 0.25) is 0 Å². The van der Waals surface area contributed by atoms with Crippen LogP contribution >= 0.6 is 15.9 Å². The Hall–Kier alpha value is -0.0900. The summed E-state index contributed by atoms with van der Waals surface area (Å²) in [6.07, 6.45) is 1.48. The second kappa shape index (κ2) is 2.53. The molecule has 3 rings (SSSR count). The third-order valence-corrected chi connectivity index (χ3v) is 6.57. The molecular weight excluding hydrogens is 248 g/mol. The van der Waals surface area contributed by atoms with E-state index in [-0.39, 0.29) is 22.3 Å². The summed E-state index contributed by atoms with van der Waals surface area (Å²) in [6, 6.07) is 0. The molecule has 0 amide bonds. The van der Waals surface area contributed by atoms with Gasteiger partial charge in [0.15, 0.2) is 0 Å². The Kier molecular flexibility index (Phi) is 1.88. The predicted octanol–water partition coefficient (Wildman–Crippen LogP) is 1.63. The highest BCUT2D eigenvalue weighted by molar-refractivity contribution is 9.09. The van der Waals surface area contributed by atoms with Crippen molar-refractivity contribution in [1.82, 2.24) is 0 Å². The maximum Gasteiger partial charge on any atom is 0.311 e. The molecule has 3 aliphatic carbocycles. The SMILES string of the molecule is CC1(C)[C@@]2(CO)CC[C@]1(C(=O)O)[C@H]2Br. The number of fused-ring (bicyclic) bond motifs is 1. The number of alkyl halides is 1. The van der Waals surface area contributed by atoms with Crippen molar-refractivity contribution in [3.05, 3.63) is 0 Å². The quantitative estimate of drug-likeness (QED) is 0.744. The van der Waals surface area contributed by atoms with Gasteiger partial charge in [0.1, 0.15) is 0 Å². The van der Waals surface area contributed by atoms with E-state index in [1.54, 1.807) is 0 Å². The zero-order valence-electron chi connectivity index (χ0n) is 8.38. The summed E-state index contributed by atoms with van der Waals surface area (Å²) in [7, 11) is 0. The van der Waals surface area contributed by atoms with Crippen molar-refractivity contribution in [3.63, 3.8) is 0 Å². The molecule has 0 heterocycles. The molecule has 0 aromatic rings. The van der Waals surface area contributed by atoms with Crippen molar-refractivity contribution in [2.24, 2.45) is 16.2 Å². The van der Waals surface area contributed by atoms with Crippen LogP contribution in [0.4, 0.5) is 0 Å². The van der Waals surface area contributed by atoms with Crippen molar-refractivity contribution in [1.29, 1.82) is 0 Å². The molecule has 0 unspecified atom stereocenters. The van der Waals surface area contributed by atoms with E-state index in [1.807, 2.05) is 13.8 Å². The zero-order valence-corrected chi connectivity index (χ0v) is 9.97. The highest BCUT2D eigenvalue weighted by atomic mass is 79.9. The lowest BCUT2D eigenvalue weighted by molar-refractivity contribution is -0.188. The molecular formula is C10H15BrO3. The number of aliphatic hydroxyl groups excluding tert-OH is 1. The van der Waals surface area contributed by atoms with Crippen molar-refractivity contribution >= 4 is 21.9 Å². The third-order valence-electron chi connectivity index (χ3n) is 4.91. The fraction of sp³-hybridized carbons (Fsp3) is 0.900. The number of hydrogen-bond donors (Lipinski definition) is 2. The van der Waals surface area contributed by atoms with Gasteiger partial charge in [0.2, 0.25) is 0 Å². The van der Waals surface area contributed by atoms with Crippen molar-refractivity contribution in [2.45, 2.75) is 31.5 Å².